The standard InChI is InChI=1S/C16H25N/c1-13(2)16-9-10-17(14(3)11-16)12-15-7-5-4-6-8-15/h4-8,13-14,16H,9-12H2,1-3H3. The van der Waals surface area contributed by atoms with Crippen molar-refractivity contribution >= 4 is 0 Å². The predicted molar refractivity (Wildman–Crippen MR) is 73.9 cm³/mol. The molecule has 1 heterocycles. The molecule has 1 heteroatoms. The van der Waals surface area contributed by atoms with Gasteiger partial charge in [-0.05, 0) is 43.7 Å². The van der Waals surface area contributed by atoms with E-state index in [0.717, 1.165) is 24.4 Å². The Morgan fingerprint density at radius 2 is 1.94 bits per heavy atom. The fourth-order valence-electron chi connectivity index (χ4n) is 2.92. The second-order valence-corrected chi connectivity index (χ2v) is 5.83. The number of hydrogen-bond acceptors (Lipinski definition) is 1. The fourth-order valence-corrected chi connectivity index (χ4v) is 2.92. The van der Waals surface area contributed by atoms with Gasteiger partial charge in [0, 0.05) is 12.6 Å². The summed E-state index contributed by atoms with van der Waals surface area (Å²) in [6.07, 6.45) is 2.74. The SMILES string of the molecule is CC(C)C1CCN(Cc2ccccc2)C(C)C1. The first-order chi connectivity index (χ1) is 8.16. The van der Waals surface area contributed by atoms with E-state index >= 15 is 0 Å². The van der Waals surface area contributed by atoms with Crippen molar-refractivity contribution in [2.45, 2.75) is 46.2 Å². The summed E-state index contributed by atoms with van der Waals surface area (Å²) >= 11 is 0. The van der Waals surface area contributed by atoms with Crippen LogP contribution in [0.15, 0.2) is 30.3 Å². The monoisotopic (exact) mass is 231 g/mol. The van der Waals surface area contributed by atoms with Crippen LogP contribution in [0.25, 0.3) is 0 Å². The van der Waals surface area contributed by atoms with Crippen molar-refractivity contribution < 1.29 is 0 Å². The molecule has 0 N–H and O–H groups in total. The molecule has 1 aliphatic heterocycles. The van der Waals surface area contributed by atoms with Crippen LogP contribution >= 0.6 is 0 Å². The first-order valence-electron chi connectivity index (χ1n) is 6.95. The number of nitrogens with zero attached hydrogens (tertiary/aromatic N) is 1. The van der Waals surface area contributed by atoms with E-state index in [-0.39, 0.29) is 0 Å². The molecule has 0 aliphatic carbocycles. The van der Waals surface area contributed by atoms with Crippen molar-refractivity contribution in [2.24, 2.45) is 11.8 Å². The quantitative estimate of drug-likeness (QED) is 0.761. The molecule has 0 saturated carbocycles. The second kappa shape index (κ2) is 5.68. The lowest BCUT2D eigenvalue weighted by atomic mass is 9.83. The van der Waals surface area contributed by atoms with Crippen molar-refractivity contribution in [1.29, 1.82) is 0 Å². The van der Waals surface area contributed by atoms with Gasteiger partial charge in [0.05, 0.1) is 0 Å². The van der Waals surface area contributed by atoms with Gasteiger partial charge in [0.25, 0.3) is 0 Å². The molecule has 2 atom stereocenters. The van der Waals surface area contributed by atoms with E-state index in [9.17, 15) is 0 Å². The van der Waals surface area contributed by atoms with E-state index in [1.807, 2.05) is 0 Å². The minimum Gasteiger partial charge on any atom is -0.296 e. The molecule has 1 aromatic rings. The van der Waals surface area contributed by atoms with Crippen molar-refractivity contribution in [1.82, 2.24) is 4.90 Å². The highest BCUT2D eigenvalue weighted by Gasteiger charge is 2.26. The minimum atomic E-state index is 0.733. The van der Waals surface area contributed by atoms with Crippen LogP contribution in [0.1, 0.15) is 39.2 Å². The van der Waals surface area contributed by atoms with Gasteiger partial charge in [-0.1, -0.05) is 44.2 Å². The maximum Gasteiger partial charge on any atom is 0.0236 e. The van der Waals surface area contributed by atoms with Crippen molar-refractivity contribution in [3.63, 3.8) is 0 Å². The van der Waals surface area contributed by atoms with Crippen LogP contribution in [-0.2, 0) is 6.54 Å². The third-order valence-electron chi connectivity index (χ3n) is 4.23. The highest BCUT2D eigenvalue weighted by molar-refractivity contribution is 5.14. The van der Waals surface area contributed by atoms with Crippen LogP contribution < -0.4 is 0 Å². The van der Waals surface area contributed by atoms with E-state index in [1.165, 1.54) is 24.9 Å². The van der Waals surface area contributed by atoms with Crippen LogP contribution in [0, 0.1) is 11.8 Å². The van der Waals surface area contributed by atoms with E-state index in [4.69, 9.17) is 0 Å². The van der Waals surface area contributed by atoms with Crippen LogP contribution in [0.3, 0.4) is 0 Å². The van der Waals surface area contributed by atoms with Gasteiger partial charge in [0.15, 0.2) is 0 Å². The van der Waals surface area contributed by atoms with E-state index in [0.29, 0.717) is 0 Å². The lowest BCUT2D eigenvalue weighted by Crippen LogP contribution is -2.41. The molecule has 0 radical (unpaired) electrons. The number of piperidine rings is 1. The summed E-state index contributed by atoms with van der Waals surface area (Å²) in [5, 5.41) is 0. The van der Waals surface area contributed by atoms with E-state index < -0.39 is 0 Å². The molecule has 2 unspecified atom stereocenters. The fraction of sp³-hybridized carbons (Fsp3) is 0.625. The average Bonchev–Trinajstić information content (AvgIpc) is 2.33. The first-order valence-corrected chi connectivity index (χ1v) is 6.95. The Kier molecular flexibility index (Phi) is 4.22. The Balaban J connectivity index is 1.92. The topological polar surface area (TPSA) is 3.24 Å². The summed E-state index contributed by atoms with van der Waals surface area (Å²) in [5.74, 6) is 1.77. The van der Waals surface area contributed by atoms with Crippen molar-refractivity contribution in [2.75, 3.05) is 6.54 Å². The Labute approximate surface area is 106 Å². The Hall–Kier alpha value is -0.820. The Bertz CT molecular complexity index is 331. The summed E-state index contributed by atoms with van der Waals surface area (Å²) in [5.41, 5.74) is 1.45. The molecule has 0 amide bonds. The maximum absolute atomic E-state index is 2.63. The predicted octanol–water partition coefficient (Wildman–Crippen LogP) is 3.94. The molecular weight excluding hydrogens is 206 g/mol. The molecule has 1 fully saturated rings. The normalized spacial score (nSPS) is 26.4. The van der Waals surface area contributed by atoms with Gasteiger partial charge < -0.3 is 0 Å². The lowest BCUT2D eigenvalue weighted by Gasteiger charge is -2.39. The zero-order chi connectivity index (χ0) is 12.3. The Morgan fingerprint density at radius 3 is 2.53 bits per heavy atom. The number of hydrogen-bond donors (Lipinski definition) is 0. The van der Waals surface area contributed by atoms with E-state index in [2.05, 4.69) is 56.0 Å². The maximum atomic E-state index is 2.63. The van der Waals surface area contributed by atoms with Crippen LogP contribution in [0.2, 0.25) is 0 Å². The number of likely N-dealkylation sites (tertiary alicyclic amines) is 1. The molecule has 94 valence electrons. The molecule has 0 bridgehead atoms. The number of benzene rings is 1. The minimum absolute atomic E-state index is 0.733. The summed E-state index contributed by atoms with van der Waals surface area (Å²) in [6.45, 7) is 9.50. The second-order valence-electron chi connectivity index (χ2n) is 5.83. The summed E-state index contributed by atoms with van der Waals surface area (Å²) in [6, 6.07) is 11.6. The third-order valence-corrected chi connectivity index (χ3v) is 4.23. The lowest BCUT2D eigenvalue weighted by molar-refractivity contribution is 0.0967. The zero-order valence-electron chi connectivity index (χ0n) is 11.4. The van der Waals surface area contributed by atoms with Gasteiger partial charge in [-0.3, -0.25) is 4.90 Å². The molecule has 1 aliphatic rings. The summed E-state index contributed by atoms with van der Waals surface area (Å²) in [4.78, 5) is 2.63. The average molecular weight is 231 g/mol. The van der Waals surface area contributed by atoms with Gasteiger partial charge in [-0.2, -0.15) is 0 Å². The summed E-state index contributed by atoms with van der Waals surface area (Å²) < 4.78 is 0. The molecule has 1 saturated heterocycles. The number of rotatable bonds is 3. The van der Waals surface area contributed by atoms with Gasteiger partial charge >= 0.3 is 0 Å². The molecule has 0 spiro atoms. The van der Waals surface area contributed by atoms with Gasteiger partial charge in [0.2, 0.25) is 0 Å². The molecule has 2 rings (SSSR count). The van der Waals surface area contributed by atoms with Crippen molar-refractivity contribution in [3.05, 3.63) is 35.9 Å². The first kappa shape index (κ1) is 12.6. The highest BCUT2D eigenvalue weighted by Crippen LogP contribution is 2.29. The highest BCUT2D eigenvalue weighted by atomic mass is 15.2. The largest absolute Gasteiger partial charge is 0.296 e. The van der Waals surface area contributed by atoms with Gasteiger partial charge in [-0.15, -0.1) is 0 Å². The van der Waals surface area contributed by atoms with E-state index in [1.54, 1.807) is 0 Å². The smallest absolute Gasteiger partial charge is 0.0236 e. The van der Waals surface area contributed by atoms with Crippen LogP contribution in [0.4, 0.5) is 0 Å². The summed E-state index contributed by atoms with van der Waals surface area (Å²) in [7, 11) is 0. The Morgan fingerprint density at radius 1 is 1.24 bits per heavy atom. The van der Waals surface area contributed by atoms with Gasteiger partial charge in [0.1, 0.15) is 0 Å². The third kappa shape index (κ3) is 3.32. The van der Waals surface area contributed by atoms with Crippen LogP contribution in [0.5, 0.6) is 0 Å². The molecular formula is C16H25N. The molecule has 1 aromatic carbocycles. The van der Waals surface area contributed by atoms with Crippen molar-refractivity contribution in [3.8, 4) is 0 Å². The molecule has 17 heavy (non-hydrogen) atoms. The molecule has 0 aromatic heterocycles. The van der Waals surface area contributed by atoms with Crippen LogP contribution in [-0.4, -0.2) is 17.5 Å². The molecule has 1 nitrogen and oxygen atoms in total. The zero-order valence-corrected chi connectivity index (χ0v) is 11.4. The van der Waals surface area contributed by atoms with Gasteiger partial charge in [-0.25, -0.2) is 0 Å².